The molecule has 156 valence electrons. The molecule has 0 aliphatic heterocycles. The summed E-state index contributed by atoms with van der Waals surface area (Å²) in [6.45, 7) is -6.06. The highest BCUT2D eigenvalue weighted by Crippen LogP contribution is 2.52. The largest absolute Gasteiger partial charge is 0.481 e. The third-order valence-corrected chi connectivity index (χ3v) is 3.17. The molecule has 1 rings (SSSR count). The second kappa shape index (κ2) is 6.83. The van der Waals surface area contributed by atoms with Crippen molar-refractivity contribution < 1.29 is 62.5 Å². The van der Waals surface area contributed by atoms with Crippen LogP contribution in [0.2, 0.25) is 0 Å². The Hall–Kier alpha value is -2.06. The smallest absolute Gasteiger partial charge is 0.381 e. The van der Waals surface area contributed by atoms with E-state index in [9.17, 15) is 52.7 Å². The maximum atomic E-state index is 13.4. The van der Waals surface area contributed by atoms with Crippen LogP contribution >= 0.6 is 0 Å². The van der Waals surface area contributed by atoms with Gasteiger partial charge in [-0.15, -0.1) is 0 Å². The molecular formula is C12H7F12NO2. The average Bonchev–Trinajstić information content (AvgIpc) is 2.57. The van der Waals surface area contributed by atoms with E-state index in [1.807, 2.05) is 0 Å². The van der Waals surface area contributed by atoms with E-state index in [4.69, 9.17) is 5.11 Å². The maximum Gasteiger partial charge on any atom is 0.381 e. The topological polar surface area (TPSA) is 55.5 Å². The average molecular weight is 425 g/mol. The molecule has 27 heavy (non-hydrogen) atoms. The molecule has 3 N–H and O–H groups in total. The molecule has 0 atom stereocenters. The van der Waals surface area contributed by atoms with E-state index in [1.54, 1.807) is 0 Å². The first-order valence-electron chi connectivity index (χ1n) is 6.32. The van der Waals surface area contributed by atoms with Gasteiger partial charge in [0.1, 0.15) is 12.3 Å². The molecule has 0 aliphatic rings. The van der Waals surface area contributed by atoms with E-state index in [0.717, 1.165) is 0 Å². The van der Waals surface area contributed by atoms with Crippen molar-refractivity contribution in [3.63, 3.8) is 0 Å². The van der Waals surface area contributed by atoms with Crippen LogP contribution in [0.1, 0.15) is 0 Å². The molecule has 0 radical (unpaired) electrons. The zero-order valence-corrected chi connectivity index (χ0v) is 12.4. The predicted molar refractivity (Wildman–Crippen MR) is 63.1 cm³/mol. The summed E-state index contributed by atoms with van der Waals surface area (Å²) in [4.78, 5) is 0. The van der Waals surface area contributed by atoms with E-state index in [0.29, 0.717) is 0 Å². The van der Waals surface area contributed by atoms with Gasteiger partial charge in [-0.2, -0.15) is 43.9 Å². The second-order valence-electron chi connectivity index (χ2n) is 5.00. The quantitative estimate of drug-likeness (QED) is 0.398. The van der Waals surface area contributed by atoms with Gasteiger partial charge >= 0.3 is 23.7 Å². The number of aliphatic hydroxyl groups is 1. The van der Waals surface area contributed by atoms with Gasteiger partial charge in [0, 0.05) is 0 Å². The second-order valence-corrected chi connectivity index (χ2v) is 5.00. The summed E-state index contributed by atoms with van der Waals surface area (Å²) in [7, 11) is 0. The Morgan fingerprint density at radius 1 is 0.704 bits per heavy atom. The molecule has 0 aromatic heterocycles. The lowest BCUT2D eigenvalue weighted by Gasteiger charge is -2.35. The first kappa shape index (κ1) is 23.0. The van der Waals surface area contributed by atoms with Crippen molar-refractivity contribution in [1.29, 1.82) is 0 Å². The van der Waals surface area contributed by atoms with Crippen molar-refractivity contribution in [3.05, 3.63) is 23.3 Å². The van der Waals surface area contributed by atoms with E-state index in [1.165, 1.54) is 0 Å². The number of nitrogens with two attached hydrogens (primary N) is 1. The molecule has 3 nitrogen and oxygen atoms in total. The Balaban J connectivity index is 3.27. The van der Waals surface area contributed by atoms with Gasteiger partial charge in [-0.3, -0.25) is 0 Å². The van der Waals surface area contributed by atoms with Gasteiger partial charge in [-0.25, -0.2) is 8.78 Å². The molecule has 0 aliphatic carbocycles. The van der Waals surface area contributed by atoms with Crippen LogP contribution in [0, 0.1) is 23.3 Å². The Morgan fingerprint density at radius 2 is 1.07 bits per heavy atom. The number of alkyl halides is 8. The zero-order valence-electron chi connectivity index (χ0n) is 12.4. The zero-order chi connectivity index (χ0) is 21.6. The summed E-state index contributed by atoms with van der Waals surface area (Å²) in [6, 6.07) is 0. The van der Waals surface area contributed by atoms with Crippen molar-refractivity contribution in [3.8, 4) is 5.75 Å². The fraction of sp³-hybridized carbons (Fsp3) is 0.500. The fourth-order valence-electron chi connectivity index (χ4n) is 1.57. The number of rotatable bonds is 7. The van der Waals surface area contributed by atoms with Gasteiger partial charge in [-0.05, 0) is 0 Å². The van der Waals surface area contributed by atoms with Crippen LogP contribution in [0.5, 0.6) is 5.75 Å². The van der Waals surface area contributed by atoms with Gasteiger partial charge in [0.2, 0.25) is 11.6 Å². The summed E-state index contributed by atoms with van der Waals surface area (Å²) in [6.07, 6.45) is 0. The first-order valence-corrected chi connectivity index (χ1v) is 6.32. The van der Waals surface area contributed by atoms with E-state index in [2.05, 4.69) is 10.5 Å². The van der Waals surface area contributed by atoms with Crippen LogP contribution in [-0.4, -0.2) is 42.0 Å². The lowest BCUT2D eigenvalue weighted by Crippen LogP contribution is -2.64. The van der Waals surface area contributed by atoms with Crippen molar-refractivity contribution >= 4 is 5.69 Å². The summed E-state index contributed by atoms with van der Waals surface area (Å²) in [5.41, 5.74) is 2.79. The van der Waals surface area contributed by atoms with Crippen molar-refractivity contribution in [2.45, 2.75) is 23.7 Å². The number of ether oxygens (including phenoxy) is 1. The highest BCUT2D eigenvalue weighted by molar-refractivity contribution is 5.47. The number of aliphatic hydroxyl groups excluding tert-OH is 1. The van der Waals surface area contributed by atoms with E-state index >= 15 is 0 Å². The highest BCUT2D eigenvalue weighted by Gasteiger charge is 2.80. The molecule has 0 bridgehead atoms. The number of benzene rings is 1. The van der Waals surface area contributed by atoms with Crippen LogP contribution in [0.25, 0.3) is 0 Å². The molecule has 1 aromatic rings. The van der Waals surface area contributed by atoms with Gasteiger partial charge < -0.3 is 15.6 Å². The Labute approximate surface area is 141 Å². The van der Waals surface area contributed by atoms with E-state index < -0.39 is 71.6 Å². The number of halogens is 12. The lowest BCUT2D eigenvalue weighted by atomic mass is 9.99. The molecule has 0 saturated carbocycles. The Bertz CT molecular complexity index is 692. The van der Waals surface area contributed by atoms with Gasteiger partial charge in [0.25, 0.3) is 0 Å². The molecule has 0 fully saturated rings. The molecule has 0 spiro atoms. The van der Waals surface area contributed by atoms with Crippen molar-refractivity contribution in [2.75, 3.05) is 18.9 Å². The van der Waals surface area contributed by atoms with Gasteiger partial charge in [0.15, 0.2) is 24.0 Å². The maximum absolute atomic E-state index is 13.4. The summed E-state index contributed by atoms with van der Waals surface area (Å²) in [5, 5.41) is 7.99. The number of hydrogen-bond acceptors (Lipinski definition) is 3. The fourth-order valence-corrected chi connectivity index (χ4v) is 1.57. The van der Waals surface area contributed by atoms with Gasteiger partial charge in [-0.1, -0.05) is 0 Å². The predicted octanol–water partition coefficient (Wildman–Crippen LogP) is 3.74. The van der Waals surface area contributed by atoms with E-state index in [-0.39, 0.29) is 0 Å². The third-order valence-electron chi connectivity index (χ3n) is 3.17. The SMILES string of the molecule is Nc1c(F)c(F)c(OCC(F)(F)C(F)(F)C(F)(F)C(F)(F)CO)c(F)c1F. The molecule has 15 heteroatoms. The summed E-state index contributed by atoms with van der Waals surface area (Å²) in [5.74, 6) is -38.3. The molecule has 0 heterocycles. The molecule has 1 aromatic carbocycles. The highest BCUT2D eigenvalue weighted by atomic mass is 19.4. The Kier molecular flexibility index (Phi) is 5.82. The first-order chi connectivity index (χ1) is 12.0. The molecule has 0 saturated heterocycles. The number of nitrogen functional groups attached to an aromatic ring is 1. The number of anilines is 1. The Morgan fingerprint density at radius 3 is 1.44 bits per heavy atom. The minimum absolute atomic E-state index is 1.77. The summed E-state index contributed by atoms with van der Waals surface area (Å²) < 4.78 is 161. The summed E-state index contributed by atoms with van der Waals surface area (Å²) >= 11 is 0. The normalized spacial score (nSPS) is 13.8. The van der Waals surface area contributed by atoms with Crippen LogP contribution in [0.4, 0.5) is 58.4 Å². The standard InChI is InChI=1S/C12H7F12NO2/c13-3-5(15)8(6(16)4(14)7(3)25)27-2-10(19,20)12(23,24)11(21,22)9(17,18)1-26/h26H,1-2,25H2. The molecule has 0 amide bonds. The van der Waals surface area contributed by atoms with Crippen molar-refractivity contribution in [1.82, 2.24) is 0 Å². The lowest BCUT2D eigenvalue weighted by molar-refractivity contribution is -0.372. The monoisotopic (exact) mass is 425 g/mol. The minimum Gasteiger partial charge on any atom is -0.481 e. The van der Waals surface area contributed by atoms with Crippen LogP contribution in [-0.2, 0) is 0 Å². The third kappa shape index (κ3) is 3.43. The number of hydrogen-bond donors (Lipinski definition) is 2. The van der Waals surface area contributed by atoms with Crippen LogP contribution < -0.4 is 10.5 Å². The van der Waals surface area contributed by atoms with Crippen LogP contribution in [0.15, 0.2) is 0 Å². The minimum atomic E-state index is -6.93. The van der Waals surface area contributed by atoms with Gasteiger partial charge in [0.05, 0.1) is 0 Å². The van der Waals surface area contributed by atoms with Crippen molar-refractivity contribution in [2.24, 2.45) is 0 Å². The van der Waals surface area contributed by atoms with Crippen LogP contribution in [0.3, 0.4) is 0 Å². The molecule has 0 unspecified atom stereocenters. The molecular weight excluding hydrogens is 418 g/mol.